The lowest BCUT2D eigenvalue weighted by Gasteiger charge is -2.29. The van der Waals surface area contributed by atoms with Gasteiger partial charge in [-0.2, -0.15) is 4.99 Å². The van der Waals surface area contributed by atoms with Gasteiger partial charge in [0.2, 0.25) is 11.9 Å². The van der Waals surface area contributed by atoms with Crippen LogP contribution in [0, 0.1) is 13.8 Å². The summed E-state index contributed by atoms with van der Waals surface area (Å²) >= 11 is 5.35. The van der Waals surface area contributed by atoms with Crippen LogP contribution in [0.15, 0.2) is 11.1 Å². The number of aliphatic imine (C=N–C) groups is 1. The van der Waals surface area contributed by atoms with Crippen LogP contribution in [0.4, 0.5) is 5.95 Å². The van der Waals surface area contributed by atoms with Crippen molar-refractivity contribution in [2.24, 2.45) is 4.99 Å². The van der Waals surface area contributed by atoms with E-state index in [-0.39, 0.29) is 0 Å². The van der Waals surface area contributed by atoms with Crippen molar-refractivity contribution in [1.82, 2.24) is 20.2 Å². The summed E-state index contributed by atoms with van der Waals surface area (Å²) in [6.45, 7) is 6.79. The zero-order chi connectivity index (χ0) is 16.2. The highest BCUT2D eigenvalue weighted by molar-refractivity contribution is 7.80. The molecule has 2 fully saturated rings. The van der Waals surface area contributed by atoms with Crippen molar-refractivity contribution in [3.63, 3.8) is 0 Å². The number of rotatable bonds is 2. The Morgan fingerprint density at radius 2 is 1.91 bits per heavy atom. The van der Waals surface area contributed by atoms with Gasteiger partial charge in [-0.25, -0.2) is 9.97 Å². The molecule has 0 amide bonds. The van der Waals surface area contributed by atoms with E-state index in [2.05, 4.69) is 30.5 Å². The molecule has 124 valence electrons. The minimum atomic E-state index is 0.481. The Balaban J connectivity index is 1.78. The summed E-state index contributed by atoms with van der Waals surface area (Å²) in [6.07, 6.45) is 2.33. The van der Waals surface area contributed by atoms with Gasteiger partial charge in [0.25, 0.3) is 0 Å². The molecule has 1 saturated carbocycles. The van der Waals surface area contributed by atoms with Crippen LogP contribution in [0.25, 0.3) is 0 Å². The maximum Gasteiger partial charge on any atom is 0.229 e. The highest BCUT2D eigenvalue weighted by Gasteiger charge is 2.23. The first-order valence-corrected chi connectivity index (χ1v) is 8.32. The largest absolute Gasteiger partial charge is 0.378 e. The lowest BCUT2D eigenvalue weighted by atomic mass is 10.4. The van der Waals surface area contributed by atoms with Gasteiger partial charge in [-0.15, -0.1) is 0 Å². The third-order valence-corrected chi connectivity index (χ3v) is 3.84. The van der Waals surface area contributed by atoms with E-state index in [0.29, 0.717) is 36.3 Å². The van der Waals surface area contributed by atoms with E-state index >= 15 is 0 Å². The van der Waals surface area contributed by atoms with Crippen LogP contribution >= 0.6 is 12.2 Å². The zero-order valence-corrected chi connectivity index (χ0v) is 14.3. The van der Waals surface area contributed by atoms with Crippen molar-refractivity contribution in [3.8, 4) is 0 Å². The van der Waals surface area contributed by atoms with Crippen LogP contribution in [0.2, 0.25) is 0 Å². The molecule has 1 aromatic rings. The first-order chi connectivity index (χ1) is 11.1. The van der Waals surface area contributed by atoms with Gasteiger partial charge in [0.1, 0.15) is 0 Å². The molecule has 8 heteroatoms. The van der Waals surface area contributed by atoms with Crippen LogP contribution < -0.4 is 10.6 Å². The molecule has 0 bridgehead atoms. The number of hydrogen-bond donors (Lipinski definition) is 2. The smallest absolute Gasteiger partial charge is 0.229 e. The van der Waals surface area contributed by atoms with E-state index in [9.17, 15) is 0 Å². The first kappa shape index (κ1) is 16.1. The summed E-state index contributed by atoms with van der Waals surface area (Å²) in [7, 11) is 0. The molecular formula is C15H22N6OS. The molecule has 7 nitrogen and oxygen atoms in total. The average molecular weight is 334 g/mol. The highest BCUT2D eigenvalue weighted by Crippen LogP contribution is 2.18. The van der Waals surface area contributed by atoms with Gasteiger partial charge in [-0.1, -0.05) is 0 Å². The summed E-state index contributed by atoms with van der Waals surface area (Å²) in [6, 6.07) is 2.42. The van der Waals surface area contributed by atoms with E-state index in [0.717, 1.165) is 37.3 Å². The van der Waals surface area contributed by atoms with Crippen molar-refractivity contribution >= 4 is 29.2 Å². The Morgan fingerprint density at radius 1 is 1.26 bits per heavy atom. The molecule has 2 aliphatic rings. The zero-order valence-electron chi connectivity index (χ0n) is 13.5. The second kappa shape index (κ2) is 7.18. The van der Waals surface area contributed by atoms with Crippen molar-refractivity contribution < 1.29 is 4.74 Å². The molecule has 2 N–H and O–H groups in total. The van der Waals surface area contributed by atoms with Gasteiger partial charge in [-0.05, 0) is 45.0 Å². The number of anilines is 1. The Hall–Kier alpha value is -1.80. The Bertz CT molecular complexity index is 590. The average Bonchev–Trinajstić information content (AvgIpc) is 3.30. The predicted octanol–water partition coefficient (Wildman–Crippen LogP) is 1.23. The molecule has 0 atom stereocenters. The minimum Gasteiger partial charge on any atom is -0.378 e. The van der Waals surface area contributed by atoms with Gasteiger partial charge >= 0.3 is 0 Å². The van der Waals surface area contributed by atoms with Crippen molar-refractivity contribution in [3.05, 3.63) is 17.5 Å². The first-order valence-electron chi connectivity index (χ1n) is 7.91. The summed E-state index contributed by atoms with van der Waals surface area (Å²) in [5, 5.41) is 6.97. The van der Waals surface area contributed by atoms with Crippen LogP contribution in [-0.4, -0.2) is 58.3 Å². The molecule has 3 rings (SSSR count). The summed E-state index contributed by atoms with van der Waals surface area (Å²) < 4.78 is 5.41. The number of ether oxygens (including phenoxy) is 1. The Morgan fingerprint density at radius 3 is 2.52 bits per heavy atom. The molecule has 1 aliphatic heterocycles. The number of aromatic nitrogens is 2. The summed E-state index contributed by atoms with van der Waals surface area (Å²) in [4.78, 5) is 15.5. The van der Waals surface area contributed by atoms with Crippen LogP contribution in [0.5, 0.6) is 0 Å². The highest BCUT2D eigenvalue weighted by atomic mass is 32.1. The fourth-order valence-corrected chi connectivity index (χ4v) is 2.62. The minimum absolute atomic E-state index is 0.481. The molecular weight excluding hydrogens is 312 g/mol. The quantitative estimate of drug-likeness (QED) is 0.479. The Kier molecular flexibility index (Phi) is 5.02. The molecule has 2 heterocycles. The second-order valence-corrected chi connectivity index (χ2v) is 6.24. The number of aryl methyl sites for hydroxylation is 2. The van der Waals surface area contributed by atoms with E-state index < -0.39 is 0 Å². The molecule has 0 unspecified atom stereocenters. The molecule has 1 saturated heterocycles. The number of guanidine groups is 1. The van der Waals surface area contributed by atoms with E-state index in [1.165, 1.54) is 0 Å². The predicted molar refractivity (Wildman–Crippen MR) is 93.7 cm³/mol. The van der Waals surface area contributed by atoms with Crippen LogP contribution in [0.3, 0.4) is 0 Å². The van der Waals surface area contributed by atoms with Crippen LogP contribution in [-0.2, 0) is 4.74 Å². The van der Waals surface area contributed by atoms with E-state index in [1.807, 2.05) is 19.9 Å². The van der Waals surface area contributed by atoms with Gasteiger partial charge in [-0.3, -0.25) is 5.32 Å². The maximum absolute atomic E-state index is 5.41. The SMILES string of the molecule is Cc1cc(C)nc(N/C(=N/C(=S)NC2CC2)N2CCOCC2)n1. The number of thiocarbonyl (C=S) groups is 1. The van der Waals surface area contributed by atoms with Crippen molar-refractivity contribution in [1.29, 1.82) is 0 Å². The lowest BCUT2D eigenvalue weighted by molar-refractivity contribution is 0.0680. The van der Waals surface area contributed by atoms with Crippen molar-refractivity contribution in [2.75, 3.05) is 31.6 Å². The number of nitrogens with one attached hydrogen (secondary N) is 2. The lowest BCUT2D eigenvalue weighted by Crippen LogP contribution is -2.45. The molecule has 1 aromatic heterocycles. The number of morpholine rings is 1. The fourth-order valence-electron chi connectivity index (χ4n) is 2.37. The molecule has 0 spiro atoms. The maximum atomic E-state index is 5.41. The van der Waals surface area contributed by atoms with E-state index in [4.69, 9.17) is 17.0 Å². The molecule has 23 heavy (non-hydrogen) atoms. The summed E-state index contributed by atoms with van der Waals surface area (Å²) in [5.41, 5.74) is 1.83. The molecule has 0 radical (unpaired) electrons. The molecule has 1 aliphatic carbocycles. The monoisotopic (exact) mass is 334 g/mol. The van der Waals surface area contributed by atoms with Crippen LogP contribution in [0.1, 0.15) is 24.2 Å². The fraction of sp³-hybridized carbons (Fsp3) is 0.600. The molecule has 0 aromatic carbocycles. The van der Waals surface area contributed by atoms with Gasteiger partial charge in [0.05, 0.1) is 13.2 Å². The third-order valence-electron chi connectivity index (χ3n) is 3.63. The number of hydrogen-bond acceptors (Lipinski definition) is 4. The standard InChI is InChI=1S/C15H22N6OS/c1-10-9-11(2)17-13(16-10)19-14(21-5-7-22-8-6-21)20-15(23)18-12-3-4-12/h9,12H,3-8H2,1-2H3,(H2,16,17,18,19,20,23). The Labute approximate surface area is 141 Å². The third kappa shape index (κ3) is 4.84. The second-order valence-electron chi connectivity index (χ2n) is 5.86. The topological polar surface area (TPSA) is 74.7 Å². The van der Waals surface area contributed by atoms with Crippen molar-refractivity contribution in [2.45, 2.75) is 32.7 Å². The summed E-state index contributed by atoms with van der Waals surface area (Å²) in [5.74, 6) is 1.22. The van der Waals surface area contributed by atoms with E-state index in [1.54, 1.807) is 0 Å². The number of nitrogens with zero attached hydrogens (tertiary/aromatic N) is 4. The van der Waals surface area contributed by atoms with Gasteiger partial charge in [0.15, 0.2) is 5.11 Å². The normalized spacial score (nSPS) is 18.7. The van der Waals surface area contributed by atoms with Gasteiger partial charge < -0.3 is 15.0 Å². The van der Waals surface area contributed by atoms with Gasteiger partial charge in [0, 0.05) is 30.5 Å².